The zero-order valence-corrected chi connectivity index (χ0v) is 15.6. The third-order valence-electron chi connectivity index (χ3n) is 5.45. The predicted octanol–water partition coefficient (Wildman–Crippen LogP) is 4.54. The Morgan fingerprint density at radius 3 is 1.82 bits per heavy atom. The van der Waals surface area contributed by atoms with Crippen molar-refractivity contribution in [2.75, 3.05) is 6.54 Å². The van der Waals surface area contributed by atoms with Gasteiger partial charge in [0, 0.05) is 23.9 Å². The molecule has 0 aromatic rings. The van der Waals surface area contributed by atoms with Gasteiger partial charge < -0.3 is 4.90 Å². The van der Waals surface area contributed by atoms with Crippen LogP contribution < -0.4 is 0 Å². The summed E-state index contributed by atoms with van der Waals surface area (Å²) in [5.41, 5.74) is -4.87. The van der Waals surface area contributed by atoms with Crippen LogP contribution in [-0.4, -0.2) is 46.7 Å². The average Bonchev–Trinajstić information content (AvgIpc) is 2.70. The zero-order chi connectivity index (χ0) is 22.0. The van der Waals surface area contributed by atoms with Crippen molar-refractivity contribution < 1.29 is 40.3 Å². The van der Waals surface area contributed by atoms with Crippen LogP contribution in [0.15, 0.2) is 24.3 Å². The fourth-order valence-corrected chi connectivity index (χ4v) is 3.60. The first kappa shape index (κ1) is 22.4. The van der Waals surface area contributed by atoms with E-state index >= 15 is 0 Å². The summed E-state index contributed by atoms with van der Waals surface area (Å²) in [5.74, 6) is -13.4. The monoisotopic (exact) mass is 415 g/mol. The van der Waals surface area contributed by atoms with E-state index in [-0.39, 0.29) is 6.54 Å². The number of ketones is 1. The van der Waals surface area contributed by atoms with E-state index in [4.69, 9.17) is 0 Å². The van der Waals surface area contributed by atoms with Crippen LogP contribution in [0.25, 0.3) is 0 Å². The molecule has 1 saturated heterocycles. The molecule has 0 aromatic carbocycles. The van der Waals surface area contributed by atoms with Gasteiger partial charge in [-0.1, -0.05) is 12.2 Å². The molecule has 28 heavy (non-hydrogen) atoms. The van der Waals surface area contributed by atoms with E-state index in [1.165, 1.54) is 0 Å². The molecule has 1 amide bonds. The van der Waals surface area contributed by atoms with Crippen LogP contribution in [0.4, 0.5) is 30.7 Å². The van der Waals surface area contributed by atoms with Crippen LogP contribution in [0.2, 0.25) is 0 Å². The lowest BCUT2D eigenvalue weighted by molar-refractivity contribution is -0.359. The third kappa shape index (κ3) is 3.14. The van der Waals surface area contributed by atoms with Crippen molar-refractivity contribution >= 4 is 11.7 Å². The van der Waals surface area contributed by atoms with E-state index in [0.717, 1.165) is 36.1 Å². The maximum absolute atomic E-state index is 14.3. The zero-order valence-electron chi connectivity index (χ0n) is 15.6. The van der Waals surface area contributed by atoms with E-state index < -0.39 is 52.5 Å². The maximum Gasteiger partial charge on any atom is 0.459 e. The van der Waals surface area contributed by atoms with Gasteiger partial charge in [0.15, 0.2) is 5.78 Å². The summed E-state index contributed by atoms with van der Waals surface area (Å²) in [6, 6.07) is 0. The molecule has 0 bridgehead atoms. The van der Waals surface area contributed by atoms with Gasteiger partial charge in [-0.2, -0.15) is 30.7 Å². The highest BCUT2D eigenvalue weighted by atomic mass is 19.4. The van der Waals surface area contributed by atoms with Gasteiger partial charge in [-0.25, -0.2) is 0 Å². The largest absolute Gasteiger partial charge is 0.459 e. The average molecular weight is 415 g/mol. The summed E-state index contributed by atoms with van der Waals surface area (Å²) in [6.45, 7) is 5.43. The molecule has 1 fully saturated rings. The lowest BCUT2D eigenvalue weighted by atomic mass is 9.61. The predicted molar refractivity (Wildman–Crippen MR) is 85.9 cm³/mol. The van der Waals surface area contributed by atoms with Crippen LogP contribution >= 0.6 is 0 Å². The quantitative estimate of drug-likeness (QED) is 0.635. The van der Waals surface area contributed by atoms with Crippen molar-refractivity contribution in [1.29, 1.82) is 0 Å². The molecule has 1 aliphatic heterocycles. The van der Waals surface area contributed by atoms with Gasteiger partial charge in [-0.15, -0.1) is 0 Å². The highest BCUT2D eigenvalue weighted by Crippen LogP contribution is 2.59. The summed E-state index contributed by atoms with van der Waals surface area (Å²) < 4.78 is 93.3. The van der Waals surface area contributed by atoms with Gasteiger partial charge in [0.05, 0.1) is 5.41 Å². The highest BCUT2D eigenvalue weighted by molar-refractivity contribution is 6.01. The fourth-order valence-electron chi connectivity index (χ4n) is 3.60. The summed E-state index contributed by atoms with van der Waals surface area (Å²) in [5, 5.41) is 0. The maximum atomic E-state index is 14.3. The van der Waals surface area contributed by atoms with Crippen molar-refractivity contribution in [2.24, 2.45) is 10.8 Å². The molecular weight excluding hydrogens is 395 g/mol. The summed E-state index contributed by atoms with van der Waals surface area (Å²) in [6.07, 6.45) is -4.25. The van der Waals surface area contributed by atoms with Crippen molar-refractivity contribution in [1.82, 2.24) is 4.90 Å². The van der Waals surface area contributed by atoms with Crippen molar-refractivity contribution in [3.05, 3.63) is 24.3 Å². The molecule has 0 N–H and O–H groups in total. The summed E-state index contributed by atoms with van der Waals surface area (Å²) in [4.78, 5) is 25.6. The molecule has 1 heterocycles. The Balaban J connectivity index is 2.60. The number of carbonyl (C=O) groups excluding carboxylic acids is 2. The topological polar surface area (TPSA) is 37.4 Å². The Labute approximate surface area is 157 Å². The number of alkyl halides is 7. The van der Waals surface area contributed by atoms with Gasteiger partial charge in [-0.3, -0.25) is 9.59 Å². The van der Waals surface area contributed by atoms with Crippen LogP contribution in [0.5, 0.6) is 0 Å². The SMILES string of the molecule is CC(C)(C)N1CC2(C=CC(=O)C=C2)C(C)(CC(F)(F)C(F)(F)C(F)(F)F)C1=O. The number of likely N-dealkylation sites (tertiary alicyclic amines) is 1. The summed E-state index contributed by atoms with van der Waals surface area (Å²) >= 11 is 0. The molecule has 0 saturated carbocycles. The van der Waals surface area contributed by atoms with Crippen LogP contribution in [-0.2, 0) is 9.59 Å². The Kier molecular flexibility index (Phi) is 4.85. The molecule has 2 rings (SSSR count). The van der Waals surface area contributed by atoms with Gasteiger partial charge in [0.2, 0.25) is 5.91 Å². The van der Waals surface area contributed by atoms with E-state index in [9.17, 15) is 40.3 Å². The Bertz CT molecular complexity index is 730. The van der Waals surface area contributed by atoms with Gasteiger partial charge in [-0.05, 0) is 39.8 Å². The van der Waals surface area contributed by atoms with Crippen molar-refractivity contribution in [2.45, 2.75) is 57.7 Å². The first-order valence-corrected chi connectivity index (χ1v) is 8.38. The molecule has 1 spiro atoms. The van der Waals surface area contributed by atoms with Crippen LogP contribution in [0.3, 0.4) is 0 Å². The Morgan fingerprint density at radius 1 is 0.964 bits per heavy atom. The second kappa shape index (κ2) is 6.06. The first-order chi connectivity index (χ1) is 12.3. The number of nitrogens with zero attached hydrogens (tertiary/aromatic N) is 1. The third-order valence-corrected chi connectivity index (χ3v) is 5.45. The lowest BCUT2D eigenvalue weighted by Gasteiger charge is -2.41. The number of carbonyl (C=O) groups is 2. The van der Waals surface area contributed by atoms with Gasteiger partial charge in [0.25, 0.3) is 0 Å². The molecule has 2 aliphatic rings. The second-order valence-corrected chi connectivity index (χ2v) is 8.46. The number of halogens is 7. The summed E-state index contributed by atoms with van der Waals surface area (Å²) in [7, 11) is 0. The van der Waals surface area contributed by atoms with E-state index in [2.05, 4.69) is 0 Å². The number of hydrogen-bond acceptors (Lipinski definition) is 2. The minimum atomic E-state index is -6.49. The molecule has 10 heteroatoms. The lowest BCUT2D eigenvalue weighted by Crippen LogP contribution is -2.56. The van der Waals surface area contributed by atoms with Crippen LogP contribution in [0.1, 0.15) is 34.1 Å². The minimum Gasteiger partial charge on any atom is -0.336 e. The normalized spacial score (nSPS) is 25.9. The molecule has 1 atom stereocenters. The molecule has 1 unspecified atom stereocenters. The first-order valence-electron chi connectivity index (χ1n) is 8.38. The Morgan fingerprint density at radius 2 is 1.43 bits per heavy atom. The molecule has 1 aliphatic carbocycles. The smallest absolute Gasteiger partial charge is 0.336 e. The van der Waals surface area contributed by atoms with E-state index in [1.54, 1.807) is 20.8 Å². The van der Waals surface area contributed by atoms with E-state index in [0.29, 0.717) is 0 Å². The second-order valence-electron chi connectivity index (χ2n) is 8.46. The van der Waals surface area contributed by atoms with Gasteiger partial charge in [0.1, 0.15) is 0 Å². The molecule has 0 aromatic heterocycles. The number of hydrogen-bond donors (Lipinski definition) is 0. The Hall–Kier alpha value is -1.87. The molecular formula is C18H20F7NO2. The molecule has 158 valence electrons. The van der Waals surface area contributed by atoms with Crippen LogP contribution in [0, 0.1) is 10.8 Å². The van der Waals surface area contributed by atoms with E-state index in [1.807, 2.05) is 0 Å². The van der Waals surface area contributed by atoms with Gasteiger partial charge >= 0.3 is 18.0 Å². The fraction of sp³-hybridized carbons (Fsp3) is 0.667. The van der Waals surface area contributed by atoms with Crippen molar-refractivity contribution in [3.8, 4) is 0 Å². The van der Waals surface area contributed by atoms with Crippen molar-refractivity contribution in [3.63, 3.8) is 0 Å². The molecule has 0 radical (unpaired) electrons. The standard InChI is InChI=1S/C18H20F7NO2/c1-13(2,3)26-10-15(7-5-11(27)6-8-15)14(4,12(26)28)9-16(19,20)17(21,22)18(23,24)25/h5-8H,9-10H2,1-4H3. The molecule has 3 nitrogen and oxygen atoms in total. The number of allylic oxidation sites excluding steroid dienone is 2. The number of amides is 1. The number of rotatable bonds is 3. The highest BCUT2D eigenvalue weighted by Gasteiger charge is 2.76. The minimum absolute atomic E-state index is 0.236.